The molecular weight excluding hydrogens is 180 g/mol. The van der Waals surface area contributed by atoms with Crippen LogP contribution in [0, 0.1) is 0 Å². The fraction of sp³-hybridized carbons (Fsp3) is 0.444. The van der Waals surface area contributed by atoms with Crippen LogP contribution < -0.4 is 10.2 Å². The van der Waals surface area contributed by atoms with Crippen molar-refractivity contribution in [3.05, 3.63) is 12.0 Å². The van der Waals surface area contributed by atoms with E-state index >= 15 is 0 Å². The Balaban J connectivity index is 2.43. The third kappa shape index (κ3) is 1.30. The first kappa shape index (κ1) is 8.93. The van der Waals surface area contributed by atoms with E-state index in [0.29, 0.717) is 6.54 Å². The molecule has 5 nitrogen and oxygen atoms in total. The van der Waals surface area contributed by atoms with Crippen molar-refractivity contribution in [3.63, 3.8) is 0 Å². The number of likely N-dealkylation sites (N-methyl/N-ethyl adjacent to an activating group) is 1. The van der Waals surface area contributed by atoms with Gasteiger partial charge in [0.15, 0.2) is 5.82 Å². The maximum atomic E-state index is 11.3. The van der Waals surface area contributed by atoms with E-state index in [9.17, 15) is 4.79 Å². The summed E-state index contributed by atoms with van der Waals surface area (Å²) in [5, 5.41) is 2.98. The summed E-state index contributed by atoms with van der Waals surface area (Å²) in [5.41, 5.74) is 0.749. The van der Waals surface area contributed by atoms with Crippen molar-refractivity contribution in [2.45, 2.75) is 13.3 Å². The highest BCUT2D eigenvalue weighted by Crippen LogP contribution is 2.24. The lowest BCUT2D eigenvalue weighted by Gasteiger charge is -2.25. The third-order valence-electron chi connectivity index (χ3n) is 2.28. The Kier molecular flexibility index (Phi) is 2.07. The van der Waals surface area contributed by atoms with Crippen molar-refractivity contribution in [2.24, 2.45) is 0 Å². The summed E-state index contributed by atoms with van der Waals surface area (Å²) < 4.78 is 0. The van der Waals surface area contributed by atoms with Crippen molar-refractivity contribution in [2.75, 3.05) is 23.8 Å². The zero-order chi connectivity index (χ0) is 10.1. The van der Waals surface area contributed by atoms with E-state index in [2.05, 4.69) is 15.3 Å². The Morgan fingerprint density at radius 3 is 3.14 bits per heavy atom. The summed E-state index contributed by atoms with van der Waals surface area (Å²) in [6.45, 7) is 2.31. The summed E-state index contributed by atoms with van der Waals surface area (Å²) in [7, 11) is 1.73. The van der Waals surface area contributed by atoms with Crippen molar-refractivity contribution in [1.29, 1.82) is 0 Å². The lowest BCUT2D eigenvalue weighted by atomic mass is 10.3. The molecule has 0 bridgehead atoms. The average Bonchev–Trinajstić information content (AvgIpc) is 2.23. The fourth-order valence-electron chi connectivity index (χ4n) is 1.37. The van der Waals surface area contributed by atoms with Crippen LogP contribution in [0.2, 0.25) is 0 Å². The van der Waals surface area contributed by atoms with Gasteiger partial charge in [-0.15, -0.1) is 0 Å². The molecule has 0 atom stereocenters. The predicted molar refractivity (Wildman–Crippen MR) is 53.3 cm³/mol. The number of carbonyl (C=O) groups excluding carboxylic acids is 1. The van der Waals surface area contributed by atoms with Crippen LogP contribution in [0.1, 0.15) is 12.7 Å². The van der Waals surface area contributed by atoms with Gasteiger partial charge >= 0.3 is 0 Å². The smallest absolute Gasteiger partial charge is 0.246 e. The van der Waals surface area contributed by atoms with Crippen LogP contribution >= 0.6 is 0 Å². The molecule has 2 rings (SSSR count). The molecule has 0 aliphatic carbocycles. The Hall–Kier alpha value is -1.65. The second kappa shape index (κ2) is 3.25. The number of fused-ring (bicyclic) bond motifs is 1. The molecule has 1 N–H and O–H groups in total. The van der Waals surface area contributed by atoms with Crippen LogP contribution in [0.25, 0.3) is 0 Å². The summed E-state index contributed by atoms with van der Waals surface area (Å²) in [6.07, 6.45) is 2.48. The number of rotatable bonds is 1. The lowest BCUT2D eigenvalue weighted by Crippen LogP contribution is -2.37. The minimum absolute atomic E-state index is 0.0327. The quantitative estimate of drug-likeness (QED) is 0.701. The number of hydrogen-bond acceptors (Lipinski definition) is 4. The third-order valence-corrected chi connectivity index (χ3v) is 2.28. The zero-order valence-electron chi connectivity index (χ0n) is 8.24. The Labute approximate surface area is 82.2 Å². The molecule has 0 aromatic carbocycles. The van der Waals surface area contributed by atoms with Gasteiger partial charge in [-0.05, 0) is 0 Å². The van der Waals surface area contributed by atoms with E-state index in [-0.39, 0.29) is 5.91 Å². The molecule has 1 aliphatic rings. The summed E-state index contributed by atoms with van der Waals surface area (Å²) >= 11 is 0. The number of amides is 1. The van der Waals surface area contributed by atoms with Crippen molar-refractivity contribution in [3.8, 4) is 0 Å². The van der Waals surface area contributed by atoms with Gasteiger partial charge in [-0.2, -0.15) is 0 Å². The van der Waals surface area contributed by atoms with Gasteiger partial charge in [-0.3, -0.25) is 4.79 Å². The van der Waals surface area contributed by atoms with Gasteiger partial charge < -0.3 is 10.2 Å². The van der Waals surface area contributed by atoms with Gasteiger partial charge in [0.25, 0.3) is 0 Å². The van der Waals surface area contributed by atoms with E-state index in [4.69, 9.17) is 0 Å². The molecule has 0 saturated heterocycles. The molecule has 2 heterocycles. The summed E-state index contributed by atoms with van der Waals surface area (Å²) in [4.78, 5) is 21.3. The molecule has 0 unspecified atom stereocenters. The van der Waals surface area contributed by atoms with Crippen LogP contribution in [0.15, 0.2) is 6.20 Å². The van der Waals surface area contributed by atoms with Crippen LogP contribution in [0.3, 0.4) is 0 Å². The maximum Gasteiger partial charge on any atom is 0.246 e. The van der Waals surface area contributed by atoms with Crippen molar-refractivity contribution >= 4 is 17.4 Å². The van der Waals surface area contributed by atoms with Gasteiger partial charge in [0, 0.05) is 13.5 Å². The summed E-state index contributed by atoms with van der Waals surface area (Å²) in [5.74, 6) is 1.57. The number of nitrogens with one attached hydrogen (secondary N) is 1. The lowest BCUT2D eigenvalue weighted by molar-refractivity contribution is -0.116. The molecule has 1 aliphatic heterocycles. The predicted octanol–water partition coefficient (Wildman–Crippen LogP) is 0.427. The van der Waals surface area contributed by atoms with E-state index in [1.807, 2.05) is 6.92 Å². The zero-order valence-corrected chi connectivity index (χ0v) is 8.24. The van der Waals surface area contributed by atoms with Crippen LogP contribution in [-0.2, 0) is 11.2 Å². The number of nitrogens with zero attached hydrogens (tertiary/aromatic N) is 3. The monoisotopic (exact) mass is 192 g/mol. The standard InChI is InChI=1S/C9H12N4O/c1-3-7-10-4-6-9(12-7)11-5-8(14)13(6)2/h4H,3,5H2,1-2H3,(H,10,11,12). The van der Waals surface area contributed by atoms with Crippen molar-refractivity contribution in [1.82, 2.24) is 9.97 Å². The highest BCUT2D eigenvalue weighted by atomic mass is 16.2. The van der Waals surface area contributed by atoms with Gasteiger partial charge in [0.2, 0.25) is 5.91 Å². The SMILES string of the molecule is CCc1ncc2c(n1)NCC(=O)N2C. The Bertz CT molecular complexity index is 377. The molecule has 0 spiro atoms. The minimum atomic E-state index is 0.0327. The first-order chi connectivity index (χ1) is 6.72. The van der Waals surface area contributed by atoms with E-state index < -0.39 is 0 Å². The van der Waals surface area contributed by atoms with Gasteiger partial charge in [-0.25, -0.2) is 9.97 Å². The Morgan fingerprint density at radius 1 is 1.64 bits per heavy atom. The van der Waals surface area contributed by atoms with E-state index in [1.165, 1.54) is 0 Å². The topological polar surface area (TPSA) is 58.1 Å². The first-order valence-corrected chi connectivity index (χ1v) is 4.58. The number of hydrogen-bond donors (Lipinski definition) is 1. The molecule has 0 saturated carbocycles. The molecule has 0 radical (unpaired) electrons. The number of carbonyl (C=O) groups is 1. The second-order valence-corrected chi connectivity index (χ2v) is 3.18. The van der Waals surface area contributed by atoms with Crippen LogP contribution in [0.5, 0.6) is 0 Å². The largest absolute Gasteiger partial charge is 0.359 e. The second-order valence-electron chi connectivity index (χ2n) is 3.18. The number of aromatic nitrogens is 2. The van der Waals surface area contributed by atoms with Crippen LogP contribution in [-0.4, -0.2) is 29.5 Å². The molecule has 1 aromatic rings. The van der Waals surface area contributed by atoms with Gasteiger partial charge in [-0.1, -0.05) is 6.92 Å². The van der Waals surface area contributed by atoms with E-state index in [1.54, 1.807) is 18.1 Å². The highest BCUT2D eigenvalue weighted by molar-refractivity contribution is 6.01. The van der Waals surface area contributed by atoms with Gasteiger partial charge in [0.1, 0.15) is 11.5 Å². The number of anilines is 2. The summed E-state index contributed by atoms with van der Waals surface area (Å²) in [6, 6.07) is 0. The fourth-order valence-corrected chi connectivity index (χ4v) is 1.37. The van der Waals surface area contributed by atoms with E-state index in [0.717, 1.165) is 23.8 Å². The van der Waals surface area contributed by atoms with Crippen molar-refractivity contribution < 1.29 is 4.79 Å². The molecule has 0 fully saturated rings. The molecule has 1 aromatic heterocycles. The van der Waals surface area contributed by atoms with Crippen LogP contribution in [0.4, 0.5) is 11.5 Å². The molecule has 1 amide bonds. The minimum Gasteiger partial charge on any atom is -0.359 e. The maximum absolute atomic E-state index is 11.3. The first-order valence-electron chi connectivity index (χ1n) is 4.58. The molecule has 14 heavy (non-hydrogen) atoms. The normalized spacial score (nSPS) is 15.0. The highest BCUT2D eigenvalue weighted by Gasteiger charge is 2.21. The Morgan fingerprint density at radius 2 is 2.43 bits per heavy atom. The number of aryl methyl sites for hydroxylation is 1. The van der Waals surface area contributed by atoms with Gasteiger partial charge in [0.05, 0.1) is 12.7 Å². The average molecular weight is 192 g/mol. The molecule has 74 valence electrons. The molecule has 5 heteroatoms. The molecular formula is C9H12N4O.